The number of halogens is 1. The maximum absolute atomic E-state index is 13.5. The van der Waals surface area contributed by atoms with Crippen LogP contribution in [-0.4, -0.2) is 20.5 Å². The molecule has 0 aliphatic carbocycles. The van der Waals surface area contributed by atoms with Gasteiger partial charge in [0.15, 0.2) is 11.6 Å². The number of aryl methyl sites for hydroxylation is 2. The normalized spacial score (nSPS) is 10.5. The zero-order chi connectivity index (χ0) is 12.4. The van der Waals surface area contributed by atoms with Gasteiger partial charge in [-0.3, -0.25) is 14.5 Å². The number of hydrogen-bond donors (Lipinski definition) is 0. The van der Waals surface area contributed by atoms with E-state index in [9.17, 15) is 9.18 Å². The van der Waals surface area contributed by atoms with E-state index in [4.69, 9.17) is 0 Å². The highest BCUT2D eigenvalue weighted by molar-refractivity contribution is 6.09. The summed E-state index contributed by atoms with van der Waals surface area (Å²) in [5.41, 5.74) is 1.15. The number of aromatic nitrogens is 3. The van der Waals surface area contributed by atoms with Crippen LogP contribution in [0.15, 0.2) is 24.7 Å². The van der Waals surface area contributed by atoms with Crippen LogP contribution in [0, 0.1) is 5.82 Å². The highest BCUT2D eigenvalue weighted by atomic mass is 19.1. The van der Waals surface area contributed by atoms with Crippen LogP contribution >= 0.6 is 0 Å². The minimum atomic E-state index is -0.608. The molecule has 2 heterocycles. The van der Waals surface area contributed by atoms with E-state index in [0.29, 0.717) is 17.7 Å². The number of carbonyl (C=O) groups excluding carboxylic acids is 1. The largest absolute Gasteiger partial charge is 0.288 e. The van der Waals surface area contributed by atoms with Crippen molar-refractivity contribution in [2.24, 2.45) is 7.05 Å². The Morgan fingerprint density at radius 3 is 2.88 bits per heavy atom. The van der Waals surface area contributed by atoms with Crippen molar-refractivity contribution in [2.75, 3.05) is 0 Å². The van der Waals surface area contributed by atoms with Crippen LogP contribution in [0.4, 0.5) is 4.39 Å². The van der Waals surface area contributed by atoms with Crippen LogP contribution in [0.1, 0.15) is 28.5 Å². The lowest BCUT2D eigenvalue weighted by molar-refractivity contribution is 0.103. The summed E-state index contributed by atoms with van der Waals surface area (Å²) in [6.45, 7) is 1.90. The van der Waals surface area contributed by atoms with Crippen molar-refractivity contribution in [1.82, 2.24) is 14.8 Å². The molecule has 17 heavy (non-hydrogen) atoms. The third kappa shape index (κ3) is 2.08. The van der Waals surface area contributed by atoms with Gasteiger partial charge in [0.05, 0.1) is 23.0 Å². The van der Waals surface area contributed by atoms with Crippen LogP contribution in [-0.2, 0) is 13.5 Å². The first-order chi connectivity index (χ1) is 8.13. The molecule has 0 unspecified atom stereocenters. The lowest BCUT2D eigenvalue weighted by atomic mass is 10.0. The van der Waals surface area contributed by atoms with E-state index in [0.717, 1.165) is 6.20 Å². The first-order valence-electron chi connectivity index (χ1n) is 5.30. The first kappa shape index (κ1) is 11.4. The van der Waals surface area contributed by atoms with Crippen LogP contribution in [0.2, 0.25) is 0 Å². The molecule has 0 atom stereocenters. The predicted molar refractivity (Wildman–Crippen MR) is 60.2 cm³/mol. The monoisotopic (exact) mass is 233 g/mol. The standard InChI is InChI=1S/C12H12FN3O/c1-3-11-9(7-16(2)15-11)12(17)8-4-5-14-6-10(8)13/h4-7H,3H2,1-2H3. The average Bonchev–Trinajstić information content (AvgIpc) is 2.70. The molecule has 2 aromatic heterocycles. The molecular formula is C12H12FN3O. The summed E-state index contributed by atoms with van der Waals surface area (Å²) in [6.07, 6.45) is 4.68. The highest BCUT2D eigenvalue weighted by Gasteiger charge is 2.19. The predicted octanol–water partition coefficient (Wildman–Crippen LogP) is 1.75. The van der Waals surface area contributed by atoms with Crippen LogP contribution < -0.4 is 0 Å². The molecule has 2 rings (SSSR count). The molecule has 0 aliphatic heterocycles. The molecule has 88 valence electrons. The van der Waals surface area contributed by atoms with Gasteiger partial charge in [-0.25, -0.2) is 4.39 Å². The summed E-state index contributed by atoms with van der Waals surface area (Å²) < 4.78 is 15.0. The lowest BCUT2D eigenvalue weighted by Crippen LogP contribution is -2.06. The Hall–Kier alpha value is -2.04. The summed E-state index contributed by atoms with van der Waals surface area (Å²) in [6, 6.07) is 1.38. The van der Waals surface area contributed by atoms with Gasteiger partial charge < -0.3 is 0 Å². The lowest BCUT2D eigenvalue weighted by Gasteiger charge is -2.00. The molecule has 0 saturated heterocycles. The van der Waals surface area contributed by atoms with Crippen molar-refractivity contribution < 1.29 is 9.18 Å². The molecule has 2 aromatic rings. The second-order valence-electron chi connectivity index (χ2n) is 3.70. The van der Waals surface area contributed by atoms with Gasteiger partial charge in [-0.15, -0.1) is 0 Å². The molecule has 0 amide bonds. The van der Waals surface area contributed by atoms with Crippen molar-refractivity contribution in [2.45, 2.75) is 13.3 Å². The zero-order valence-corrected chi connectivity index (χ0v) is 9.64. The average molecular weight is 233 g/mol. The highest BCUT2D eigenvalue weighted by Crippen LogP contribution is 2.15. The first-order valence-corrected chi connectivity index (χ1v) is 5.30. The van der Waals surface area contributed by atoms with Crippen molar-refractivity contribution in [3.05, 3.63) is 47.3 Å². The maximum Gasteiger partial charge on any atom is 0.199 e. The Kier molecular flexibility index (Phi) is 2.99. The van der Waals surface area contributed by atoms with E-state index in [1.807, 2.05) is 6.92 Å². The smallest absolute Gasteiger partial charge is 0.199 e. The second kappa shape index (κ2) is 4.45. The summed E-state index contributed by atoms with van der Waals surface area (Å²) >= 11 is 0. The Morgan fingerprint density at radius 2 is 2.24 bits per heavy atom. The Bertz CT molecular complexity index is 563. The molecule has 0 N–H and O–H groups in total. The fraction of sp³-hybridized carbons (Fsp3) is 0.250. The molecule has 0 radical (unpaired) electrons. The Morgan fingerprint density at radius 1 is 1.47 bits per heavy atom. The van der Waals surface area contributed by atoms with Crippen LogP contribution in [0.25, 0.3) is 0 Å². The van der Waals surface area contributed by atoms with Crippen molar-refractivity contribution >= 4 is 5.78 Å². The van der Waals surface area contributed by atoms with E-state index in [1.165, 1.54) is 12.3 Å². The van der Waals surface area contributed by atoms with Gasteiger partial charge in [-0.1, -0.05) is 6.92 Å². The number of nitrogens with zero attached hydrogens (tertiary/aromatic N) is 3. The fourth-order valence-electron chi connectivity index (χ4n) is 1.69. The van der Waals surface area contributed by atoms with E-state index in [1.54, 1.807) is 17.9 Å². The summed E-state index contributed by atoms with van der Waals surface area (Å²) in [5.74, 6) is -0.960. The molecule has 0 aliphatic rings. The maximum atomic E-state index is 13.5. The third-order valence-electron chi connectivity index (χ3n) is 2.50. The van der Waals surface area contributed by atoms with Crippen molar-refractivity contribution in [3.8, 4) is 0 Å². The minimum Gasteiger partial charge on any atom is -0.288 e. The van der Waals surface area contributed by atoms with Gasteiger partial charge in [-0.05, 0) is 12.5 Å². The van der Waals surface area contributed by atoms with E-state index < -0.39 is 5.82 Å². The topological polar surface area (TPSA) is 47.8 Å². The Labute approximate surface area is 98.1 Å². The quantitative estimate of drug-likeness (QED) is 0.759. The molecule has 0 bridgehead atoms. The van der Waals surface area contributed by atoms with Crippen LogP contribution in [0.5, 0.6) is 0 Å². The number of rotatable bonds is 3. The zero-order valence-electron chi connectivity index (χ0n) is 9.64. The van der Waals surface area contributed by atoms with Gasteiger partial charge in [0.25, 0.3) is 0 Å². The van der Waals surface area contributed by atoms with E-state index >= 15 is 0 Å². The summed E-state index contributed by atoms with van der Waals surface area (Å²) in [5, 5.41) is 4.16. The van der Waals surface area contributed by atoms with Crippen molar-refractivity contribution in [3.63, 3.8) is 0 Å². The summed E-state index contributed by atoms with van der Waals surface area (Å²) in [7, 11) is 1.73. The fourth-order valence-corrected chi connectivity index (χ4v) is 1.69. The molecule has 0 saturated carbocycles. The Balaban J connectivity index is 2.47. The second-order valence-corrected chi connectivity index (χ2v) is 3.70. The van der Waals surface area contributed by atoms with E-state index in [-0.39, 0.29) is 11.3 Å². The molecule has 0 aromatic carbocycles. The van der Waals surface area contributed by atoms with Gasteiger partial charge in [0.1, 0.15) is 0 Å². The molecule has 5 heteroatoms. The SMILES string of the molecule is CCc1nn(C)cc1C(=O)c1ccncc1F. The number of ketones is 1. The molecule has 0 spiro atoms. The number of pyridine rings is 1. The van der Waals surface area contributed by atoms with Crippen LogP contribution in [0.3, 0.4) is 0 Å². The van der Waals surface area contributed by atoms with Gasteiger partial charge in [-0.2, -0.15) is 5.10 Å². The number of carbonyl (C=O) groups is 1. The van der Waals surface area contributed by atoms with Gasteiger partial charge in [0.2, 0.25) is 0 Å². The van der Waals surface area contributed by atoms with Crippen molar-refractivity contribution in [1.29, 1.82) is 0 Å². The molecular weight excluding hydrogens is 221 g/mol. The van der Waals surface area contributed by atoms with E-state index in [2.05, 4.69) is 10.1 Å². The molecule has 0 fully saturated rings. The third-order valence-corrected chi connectivity index (χ3v) is 2.50. The summed E-state index contributed by atoms with van der Waals surface area (Å²) in [4.78, 5) is 15.8. The minimum absolute atomic E-state index is 0.0303. The van der Waals surface area contributed by atoms with Gasteiger partial charge in [0, 0.05) is 19.4 Å². The number of hydrogen-bond acceptors (Lipinski definition) is 3. The molecule has 4 nitrogen and oxygen atoms in total. The van der Waals surface area contributed by atoms with Gasteiger partial charge >= 0.3 is 0 Å².